The van der Waals surface area contributed by atoms with Crippen molar-refractivity contribution in [1.82, 2.24) is 5.32 Å². The van der Waals surface area contributed by atoms with E-state index in [1.54, 1.807) is 0 Å². The number of rotatable bonds is 7. The summed E-state index contributed by atoms with van der Waals surface area (Å²) >= 11 is 0. The molecule has 1 aliphatic rings. The molecule has 0 aromatic carbocycles. The smallest absolute Gasteiger partial charge is 0.150 e. The molecule has 3 atom stereocenters. The van der Waals surface area contributed by atoms with Gasteiger partial charge >= 0.3 is 0 Å². The monoisotopic (exact) mass is 261 g/mol. The first kappa shape index (κ1) is 15.0. The molecule has 0 aromatic heterocycles. The lowest BCUT2D eigenvalue weighted by molar-refractivity contribution is 0.346. The van der Waals surface area contributed by atoms with Gasteiger partial charge in [-0.1, -0.05) is 26.7 Å². The van der Waals surface area contributed by atoms with Crippen LogP contribution in [0, 0.1) is 11.8 Å². The summed E-state index contributed by atoms with van der Waals surface area (Å²) in [5.74, 6) is 1.92. The Morgan fingerprint density at radius 1 is 1.41 bits per heavy atom. The second-order valence-corrected chi connectivity index (χ2v) is 7.85. The van der Waals surface area contributed by atoms with Crippen molar-refractivity contribution in [3.8, 4) is 0 Å². The van der Waals surface area contributed by atoms with E-state index in [-0.39, 0.29) is 0 Å². The van der Waals surface area contributed by atoms with Crippen molar-refractivity contribution in [2.45, 2.75) is 52.0 Å². The molecular weight excluding hydrogens is 234 g/mol. The Bertz CT molecular complexity index is 313. The fourth-order valence-electron chi connectivity index (χ4n) is 2.89. The fourth-order valence-corrected chi connectivity index (χ4v) is 4.77. The van der Waals surface area contributed by atoms with Crippen molar-refractivity contribution < 1.29 is 8.42 Å². The van der Waals surface area contributed by atoms with E-state index in [0.717, 1.165) is 18.8 Å². The van der Waals surface area contributed by atoms with Crippen molar-refractivity contribution in [3.63, 3.8) is 0 Å². The van der Waals surface area contributed by atoms with E-state index in [4.69, 9.17) is 0 Å². The van der Waals surface area contributed by atoms with Gasteiger partial charge in [0.2, 0.25) is 0 Å². The predicted molar refractivity (Wildman–Crippen MR) is 72.9 cm³/mol. The van der Waals surface area contributed by atoms with Crippen molar-refractivity contribution in [2.75, 3.05) is 18.6 Å². The third-order valence-corrected chi connectivity index (χ3v) is 5.66. The summed E-state index contributed by atoms with van der Waals surface area (Å²) in [7, 11) is -0.723. The quantitative estimate of drug-likeness (QED) is 0.764. The summed E-state index contributed by atoms with van der Waals surface area (Å²) < 4.78 is 22.8. The van der Waals surface area contributed by atoms with Crippen LogP contribution in [-0.4, -0.2) is 33.0 Å². The molecule has 0 bridgehead atoms. The SMILES string of the molecule is CCCC(C)CC(CC1CCS(=O)(=O)C1)NC. The van der Waals surface area contributed by atoms with Gasteiger partial charge in [-0.2, -0.15) is 0 Å². The van der Waals surface area contributed by atoms with E-state index in [2.05, 4.69) is 19.2 Å². The van der Waals surface area contributed by atoms with Crippen molar-refractivity contribution >= 4 is 9.84 Å². The minimum absolute atomic E-state index is 0.381. The van der Waals surface area contributed by atoms with E-state index in [9.17, 15) is 8.42 Å². The van der Waals surface area contributed by atoms with Gasteiger partial charge in [-0.15, -0.1) is 0 Å². The highest BCUT2D eigenvalue weighted by atomic mass is 32.2. The van der Waals surface area contributed by atoms with E-state index in [1.807, 2.05) is 7.05 Å². The minimum atomic E-state index is -2.72. The van der Waals surface area contributed by atoms with Crippen LogP contribution in [0.2, 0.25) is 0 Å². The van der Waals surface area contributed by atoms with Gasteiger partial charge in [0.05, 0.1) is 11.5 Å². The second-order valence-electron chi connectivity index (χ2n) is 5.62. The Labute approximate surface area is 106 Å². The molecule has 17 heavy (non-hydrogen) atoms. The summed E-state index contributed by atoms with van der Waals surface area (Å²) in [6, 6.07) is 0.481. The van der Waals surface area contributed by atoms with Crippen molar-refractivity contribution in [1.29, 1.82) is 0 Å². The Balaban J connectivity index is 2.37. The number of hydrogen-bond acceptors (Lipinski definition) is 3. The van der Waals surface area contributed by atoms with Crippen LogP contribution >= 0.6 is 0 Å². The standard InChI is InChI=1S/C13H27NO2S/c1-4-5-11(2)8-13(14-3)9-12-6-7-17(15,16)10-12/h11-14H,4-10H2,1-3H3. The van der Waals surface area contributed by atoms with Gasteiger partial charge in [0.25, 0.3) is 0 Å². The normalized spacial score (nSPS) is 26.9. The van der Waals surface area contributed by atoms with Crippen LogP contribution in [0.3, 0.4) is 0 Å². The van der Waals surface area contributed by atoms with E-state index in [1.165, 1.54) is 19.3 Å². The van der Waals surface area contributed by atoms with Gasteiger partial charge < -0.3 is 5.32 Å². The largest absolute Gasteiger partial charge is 0.317 e. The minimum Gasteiger partial charge on any atom is -0.317 e. The molecule has 3 nitrogen and oxygen atoms in total. The molecule has 4 heteroatoms. The lowest BCUT2D eigenvalue weighted by Gasteiger charge is -2.22. The Kier molecular flexibility index (Phi) is 5.93. The summed E-state index contributed by atoms with van der Waals surface area (Å²) in [4.78, 5) is 0. The van der Waals surface area contributed by atoms with Crippen LogP contribution in [0.25, 0.3) is 0 Å². The molecule has 0 spiro atoms. The third kappa shape index (κ3) is 5.38. The molecule has 1 heterocycles. The summed E-state index contributed by atoms with van der Waals surface area (Å²) in [6.45, 7) is 4.51. The van der Waals surface area contributed by atoms with E-state index >= 15 is 0 Å². The van der Waals surface area contributed by atoms with Crippen LogP contribution < -0.4 is 5.32 Å². The highest BCUT2D eigenvalue weighted by Crippen LogP contribution is 2.25. The predicted octanol–water partition coefficient (Wildman–Crippen LogP) is 2.23. The highest BCUT2D eigenvalue weighted by molar-refractivity contribution is 7.91. The molecule has 0 aliphatic carbocycles. The maximum atomic E-state index is 11.4. The third-order valence-electron chi connectivity index (χ3n) is 3.82. The van der Waals surface area contributed by atoms with Crippen LogP contribution in [0.5, 0.6) is 0 Å². The number of sulfone groups is 1. The lowest BCUT2D eigenvalue weighted by atomic mass is 9.91. The van der Waals surface area contributed by atoms with Crippen LogP contribution in [-0.2, 0) is 9.84 Å². The van der Waals surface area contributed by atoms with Crippen LogP contribution in [0.4, 0.5) is 0 Å². The fraction of sp³-hybridized carbons (Fsp3) is 1.00. The average Bonchev–Trinajstić information content (AvgIpc) is 2.57. The first-order valence-corrected chi connectivity index (χ1v) is 8.66. The molecule has 0 aromatic rings. The molecule has 1 saturated heterocycles. The molecule has 1 N–H and O–H groups in total. The molecule has 0 saturated carbocycles. The Hall–Kier alpha value is -0.0900. The zero-order valence-corrected chi connectivity index (χ0v) is 12.2. The van der Waals surface area contributed by atoms with Crippen LogP contribution in [0.1, 0.15) is 46.0 Å². The molecule has 1 rings (SSSR count). The topological polar surface area (TPSA) is 46.2 Å². The summed E-state index contributed by atoms with van der Waals surface area (Å²) in [5, 5.41) is 3.35. The van der Waals surface area contributed by atoms with Gasteiger partial charge in [-0.05, 0) is 38.1 Å². The maximum Gasteiger partial charge on any atom is 0.150 e. The van der Waals surface area contributed by atoms with Gasteiger partial charge in [0.15, 0.2) is 9.84 Å². The highest BCUT2D eigenvalue weighted by Gasteiger charge is 2.29. The molecule has 1 aliphatic heterocycles. The number of nitrogens with one attached hydrogen (secondary N) is 1. The Morgan fingerprint density at radius 2 is 2.12 bits per heavy atom. The first-order valence-electron chi connectivity index (χ1n) is 6.84. The average molecular weight is 261 g/mol. The van der Waals surface area contributed by atoms with Crippen LogP contribution in [0.15, 0.2) is 0 Å². The summed E-state index contributed by atoms with van der Waals surface area (Å²) in [5.41, 5.74) is 0. The van der Waals surface area contributed by atoms with Crippen molar-refractivity contribution in [2.24, 2.45) is 11.8 Å². The number of hydrogen-bond donors (Lipinski definition) is 1. The van der Waals surface area contributed by atoms with Gasteiger partial charge in [0, 0.05) is 6.04 Å². The molecule has 0 amide bonds. The second kappa shape index (κ2) is 6.74. The molecule has 1 fully saturated rings. The lowest BCUT2D eigenvalue weighted by Crippen LogP contribution is -2.30. The zero-order valence-electron chi connectivity index (χ0n) is 11.4. The van der Waals surface area contributed by atoms with Gasteiger partial charge in [0.1, 0.15) is 0 Å². The molecular formula is C13H27NO2S. The van der Waals surface area contributed by atoms with Gasteiger partial charge in [-0.25, -0.2) is 8.42 Å². The first-order chi connectivity index (χ1) is 7.96. The van der Waals surface area contributed by atoms with Gasteiger partial charge in [-0.3, -0.25) is 0 Å². The zero-order chi connectivity index (χ0) is 12.9. The van der Waals surface area contributed by atoms with E-state index in [0.29, 0.717) is 23.5 Å². The molecule has 102 valence electrons. The van der Waals surface area contributed by atoms with Crippen molar-refractivity contribution in [3.05, 3.63) is 0 Å². The molecule has 3 unspecified atom stereocenters. The summed E-state index contributed by atoms with van der Waals surface area (Å²) in [6.07, 6.45) is 5.55. The van der Waals surface area contributed by atoms with E-state index < -0.39 is 9.84 Å². The Morgan fingerprint density at radius 3 is 2.59 bits per heavy atom. The maximum absolute atomic E-state index is 11.4. The molecule has 0 radical (unpaired) electrons.